The van der Waals surface area contributed by atoms with Crippen molar-refractivity contribution in [2.24, 2.45) is 0 Å². The van der Waals surface area contributed by atoms with E-state index in [0.29, 0.717) is 18.2 Å². The number of benzene rings is 2. The Kier molecular flexibility index (Phi) is 5.99. The minimum Gasteiger partial charge on any atom is -0.478 e. The number of anilines is 3. The minimum atomic E-state index is -0.945. The van der Waals surface area contributed by atoms with Crippen LogP contribution in [0.5, 0.6) is 0 Å². The molecular weight excluding hydrogens is 426 g/mol. The molecule has 2 aromatic carbocycles. The normalized spacial score (nSPS) is 14.9. The van der Waals surface area contributed by atoms with E-state index < -0.39 is 5.97 Å². The van der Waals surface area contributed by atoms with Crippen LogP contribution in [-0.2, 0) is 6.42 Å². The standard InChI is InChI=1S/C27H27N5O2/c1-31(21-5-7-22(8-6-21)32-14-13-29-18-32)23-9-10-24-19(15-23)3-2-4-20(24)16-30-26-17-28-12-11-25(26)27(33)34/h5-15,17-18,20,30H,2-4,16H2,1H3,(H,33,34)/t20-/m0/s1. The van der Waals surface area contributed by atoms with Gasteiger partial charge in [-0.3, -0.25) is 4.98 Å². The van der Waals surface area contributed by atoms with Gasteiger partial charge in [0, 0.05) is 55.2 Å². The van der Waals surface area contributed by atoms with Crippen molar-refractivity contribution in [2.75, 3.05) is 23.8 Å². The number of hydrogen-bond donors (Lipinski definition) is 2. The molecule has 2 heterocycles. The molecule has 0 saturated heterocycles. The number of nitrogens with zero attached hydrogens (tertiary/aromatic N) is 4. The molecule has 0 amide bonds. The van der Waals surface area contributed by atoms with Gasteiger partial charge in [0.05, 0.1) is 23.8 Å². The monoisotopic (exact) mass is 453 g/mol. The maximum atomic E-state index is 11.5. The number of carbonyl (C=O) groups is 1. The first-order chi connectivity index (χ1) is 16.6. The Morgan fingerprint density at radius 2 is 1.94 bits per heavy atom. The Bertz CT molecular complexity index is 1280. The van der Waals surface area contributed by atoms with Crippen LogP contribution in [0.4, 0.5) is 17.1 Å². The largest absolute Gasteiger partial charge is 0.478 e. The molecule has 0 aliphatic heterocycles. The molecule has 0 unspecified atom stereocenters. The molecule has 1 aliphatic carbocycles. The molecule has 0 spiro atoms. The highest BCUT2D eigenvalue weighted by atomic mass is 16.4. The Hall–Kier alpha value is -4.13. The van der Waals surface area contributed by atoms with Crippen LogP contribution in [0.1, 0.15) is 40.2 Å². The van der Waals surface area contributed by atoms with Gasteiger partial charge in [-0.25, -0.2) is 9.78 Å². The van der Waals surface area contributed by atoms with Crippen LogP contribution in [-0.4, -0.2) is 39.2 Å². The van der Waals surface area contributed by atoms with Crippen LogP contribution >= 0.6 is 0 Å². The lowest BCUT2D eigenvalue weighted by molar-refractivity contribution is 0.0697. The number of rotatable bonds is 7. The highest BCUT2D eigenvalue weighted by Gasteiger charge is 2.22. The fourth-order valence-electron chi connectivity index (χ4n) is 4.69. The fraction of sp³-hybridized carbons (Fsp3) is 0.222. The number of hydrogen-bond acceptors (Lipinski definition) is 5. The summed E-state index contributed by atoms with van der Waals surface area (Å²) in [6.07, 6.45) is 11.8. The van der Waals surface area contributed by atoms with E-state index in [1.807, 2.05) is 10.8 Å². The Morgan fingerprint density at radius 3 is 2.71 bits per heavy atom. The number of nitrogens with one attached hydrogen (secondary N) is 1. The lowest BCUT2D eigenvalue weighted by atomic mass is 9.82. The molecule has 0 saturated carbocycles. The molecule has 172 valence electrons. The van der Waals surface area contributed by atoms with Crippen molar-refractivity contribution in [1.29, 1.82) is 0 Å². The summed E-state index contributed by atoms with van der Waals surface area (Å²) in [4.78, 5) is 21.9. The fourth-order valence-corrected chi connectivity index (χ4v) is 4.69. The smallest absolute Gasteiger partial charge is 0.337 e. The zero-order valence-corrected chi connectivity index (χ0v) is 19.1. The second-order valence-corrected chi connectivity index (χ2v) is 8.62. The third-order valence-electron chi connectivity index (χ3n) is 6.58. The third kappa shape index (κ3) is 4.37. The van der Waals surface area contributed by atoms with Gasteiger partial charge >= 0.3 is 5.97 Å². The molecule has 2 N–H and O–H groups in total. The first-order valence-electron chi connectivity index (χ1n) is 11.5. The molecule has 0 radical (unpaired) electrons. The third-order valence-corrected chi connectivity index (χ3v) is 6.58. The van der Waals surface area contributed by atoms with E-state index in [1.165, 1.54) is 23.4 Å². The summed E-state index contributed by atoms with van der Waals surface area (Å²) in [7, 11) is 2.09. The van der Waals surface area contributed by atoms with Gasteiger partial charge in [0.15, 0.2) is 0 Å². The zero-order chi connectivity index (χ0) is 23.5. The van der Waals surface area contributed by atoms with Crippen molar-refractivity contribution < 1.29 is 9.90 Å². The number of fused-ring (bicyclic) bond motifs is 1. The first-order valence-corrected chi connectivity index (χ1v) is 11.5. The number of aromatic nitrogens is 3. The molecular formula is C27H27N5O2. The molecule has 34 heavy (non-hydrogen) atoms. The van der Waals surface area contributed by atoms with Gasteiger partial charge in [-0.05, 0) is 72.9 Å². The molecule has 1 aliphatic rings. The number of aromatic carboxylic acids is 1. The molecule has 2 aromatic heterocycles. The Morgan fingerprint density at radius 1 is 1.12 bits per heavy atom. The maximum Gasteiger partial charge on any atom is 0.337 e. The number of carboxylic acid groups (broad SMARTS) is 1. The van der Waals surface area contributed by atoms with Gasteiger partial charge in [0.1, 0.15) is 0 Å². The Labute approximate surface area is 198 Å². The number of imidazole rings is 1. The van der Waals surface area contributed by atoms with Crippen LogP contribution in [0, 0.1) is 0 Å². The van der Waals surface area contributed by atoms with Crippen molar-refractivity contribution in [1.82, 2.24) is 14.5 Å². The van der Waals surface area contributed by atoms with Crippen LogP contribution < -0.4 is 10.2 Å². The van der Waals surface area contributed by atoms with Gasteiger partial charge in [0.25, 0.3) is 0 Å². The number of pyridine rings is 1. The van der Waals surface area contributed by atoms with Crippen molar-refractivity contribution in [3.63, 3.8) is 0 Å². The molecule has 0 fully saturated rings. The predicted octanol–water partition coefficient (Wildman–Crippen LogP) is 5.27. The minimum absolute atomic E-state index is 0.252. The summed E-state index contributed by atoms with van der Waals surface area (Å²) in [5.41, 5.74) is 6.88. The quantitative estimate of drug-likeness (QED) is 0.397. The van der Waals surface area contributed by atoms with E-state index in [0.717, 1.165) is 36.3 Å². The second-order valence-electron chi connectivity index (χ2n) is 8.62. The topological polar surface area (TPSA) is 83.3 Å². The van der Waals surface area contributed by atoms with Gasteiger partial charge in [-0.2, -0.15) is 0 Å². The van der Waals surface area contributed by atoms with E-state index in [-0.39, 0.29) is 5.56 Å². The van der Waals surface area contributed by atoms with Gasteiger partial charge in [-0.15, -0.1) is 0 Å². The highest BCUT2D eigenvalue weighted by Crippen LogP contribution is 2.35. The van der Waals surface area contributed by atoms with E-state index >= 15 is 0 Å². The van der Waals surface area contributed by atoms with E-state index in [1.54, 1.807) is 18.7 Å². The highest BCUT2D eigenvalue weighted by molar-refractivity contribution is 5.93. The number of aryl methyl sites for hydroxylation is 1. The zero-order valence-electron chi connectivity index (χ0n) is 19.1. The second kappa shape index (κ2) is 9.39. The van der Waals surface area contributed by atoms with Crippen molar-refractivity contribution in [3.8, 4) is 5.69 Å². The first kappa shape index (κ1) is 21.7. The molecule has 7 nitrogen and oxygen atoms in total. The van der Waals surface area contributed by atoms with E-state index in [4.69, 9.17) is 0 Å². The molecule has 7 heteroatoms. The van der Waals surface area contributed by atoms with Crippen LogP contribution in [0.3, 0.4) is 0 Å². The summed E-state index contributed by atoms with van der Waals surface area (Å²) >= 11 is 0. The Balaban J connectivity index is 1.32. The lowest BCUT2D eigenvalue weighted by Gasteiger charge is -2.28. The van der Waals surface area contributed by atoms with Crippen molar-refractivity contribution in [3.05, 3.63) is 96.3 Å². The summed E-state index contributed by atoms with van der Waals surface area (Å²) in [6, 6.07) is 16.7. The SMILES string of the molecule is CN(c1ccc(-n2ccnc2)cc1)c1ccc2c(c1)CCC[C@H]2CNc1cnccc1C(=O)O. The molecule has 5 rings (SSSR count). The maximum absolute atomic E-state index is 11.5. The van der Waals surface area contributed by atoms with Crippen molar-refractivity contribution in [2.45, 2.75) is 25.2 Å². The summed E-state index contributed by atoms with van der Waals surface area (Å²) < 4.78 is 1.99. The van der Waals surface area contributed by atoms with Crippen LogP contribution in [0.2, 0.25) is 0 Å². The van der Waals surface area contributed by atoms with Gasteiger partial charge < -0.3 is 19.9 Å². The summed E-state index contributed by atoms with van der Waals surface area (Å²) in [6.45, 7) is 0.684. The van der Waals surface area contributed by atoms with Crippen molar-refractivity contribution >= 4 is 23.0 Å². The molecule has 4 aromatic rings. The summed E-state index contributed by atoms with van der Waals surface area (Å²) in [5, 5.41) is 12.7. The van der Waals surface area contributed by atoms with Gasteiger partial charge in [0.2, 0.25) is 0 Å². The average molecular weight is 454 g/mol. The van der Waals surface area contributed by atoms with E-state index in [9.17, 15) is 9.90 Å². The van der Waals surface area contributed by atoms with Gasteiger partial charge in [-0.1, -0.05) is 6.07 Å². The number of carboxylic acids is 1. The average Bonchev–Trinajstić information content (AvgIpc) is 3.42. The molecule has 0 bridgehead atoms. The van der Waals surface area contributed by atoms with Crippen LogP contribution in [0.25, 0.3) is 5.69 Å². The lowest BCUT2D eigenvalue weighted by Crippen LogP contribution is -2.20. The van der Waals surface area contributed by atoms with E-state index in [2.05, 4.69) is 69.7 Å². The predicted molar refractivity (Wildman–Crippen MR) is 133 cm³/mol. The molecule has 1 atom stereocenters. The van der Waals surface area contributed by atoms with Crippen LogP contribution in [0.15, 0.2) is 79.6 Å². The summed E-state index contributed by atoms with van der Waals surface area (Å²) in [5.74, 6) is -0.612.